The molecule has 0 saturated carbocycles. The Balaban J connectivity index is 2.33. The summed E-state index contributed by atoms with van der Waals surface area (Å²) in [4.78, 5) is 0. The molecule has 0 amide bonds. The Bertz CT molecular complexity index is 314. The molecular formula is C15H20. The van der Waals surface area contributed by atoms with Crippen LogP contribution in [0.3, 0.4) is 0 Å². The minimum Gasteiger partial charge on any atom is -0.0846 e. The summed E-state index contributed by atoms with van der Waals surface area (Å²) in [5, 5.41) is 0. The van der Waals surface area contributed by atoms with Crippen molar-refractivity contribution in [3.8, 4) is 0 Å². The van der Waals surface area contributed by atoms with Crippen molar-refractivity contribution in [2.24, 2.45) is 0 Å². The normalized spacial score (nSPS) is 11.6. The number of rotatable bonds is 5. The van der Waals surface area contributed by atoms with Crippen molar-refractivity contribution in [3.63, 3.8) is 0 Å². The predicted octanol–water partition coefficient (Wildman–Crippen LogP) is 4.45. The summed E-state index contributed by atoms with van der Waals surface area (Å²) in [5.41, 5.74) is 2.70. The monoisotopic (exact) mass is 200 g/mol. The highest BCUT2D eigenvalue weighted by Crippen LogP contribution is 2.04. The predicted molar refractivity (Wildman–Crippen MR) is 68.1 cm³/mol. The molecule has 1 rings (SSSR count). The Labute approximate surface area is 93.3 Å². The molecule has 0 radical (unpaired) electrons. The van der Waals surface area contributed by atoms with Gasteiger partial charge < -0.3 is 0 Å². The zero-order valence-electron chi connectivity index (χ0n) is 9.74. The zero-order valence-corrected chi connectivity index (χ0v) is 9.74. The summed E-state index contributed by atoms with van der Waals surface area (Å²) in [6.07, 6.45) is 12.1. The first-order chi connectivity index (χ1) is 7.33. The molecule has 0 saturated heterocycles. The highest BCUT2D eigenvalue weighted by molar-refractivity contribution is 5.23. The lowest BCUT2D eigenvalue weighted by Crippen LogP contribution is -1.80. The average molecular weight is 200 g/mol. The first kappa shape index (κ1) is 11.8. The van der Waals surface area contributed by atoms with Crippen molar-refractivity contribution in [2.75, 3.05) is 0 Å². The van der Waals surface area contributed by atoms with Crippen LogP contribution in [0, 0.1) is 6.92 Å². The molecule has 0 aliphatic carbocycles. The van der Waals surface area contributed by atoms with Gasteiger partial charge >= 0.3 is 0 Å². The second-order valence-electron chi connectivity index (χ2n) is 3.83. The van der Waals surface area contributed by atoms with Crippen LogP contribution in [-0.4, -0.2) is 0 Å². The maximum atomic E-state index is 2.21. The first-order valence-electron chi connectivity index (χ1n) is 5.70. The van der Waals surface area contributed by atoms with Gasteiger partial charge in [0.1, 0.15) is 0 Å². The topological polar surface area (TPSA) is 0 Å². The Hall–Kier alpha value is -1.30. The van der Waals surface area contributed by atoms with Crippen molar-refractivity contribution in [1.82, 2.24) is 0 Å². The molecule has 0 fully saturated rings. The van der Waals surface area contributed by atoms with E-state index < -0.39 is 0 Å². The Morgan fingerprint density at radius 1 is 1.00 bits per heavy atom. The molecule has 0 atom stereocenters. The number of allylic oxidation sites excluding steroid dienone is 4. The summed E-state index contributed by atoms with van der Waals surface area (Å²) in [6.45, 7) is 4.31. The average Bonchev–Trinajstić information content (AvgIpc) is 2.26. The maximum absolute atomic E-state index is 2.21. The van der Waals surface area contributed by atoms with Gasteiger partial charge in [-0.05, 0) is 25.3 Å². The number of unbranched alkanes of at least 4 members (excludes halogenated alkanes) is 1. The standard InChI is InChI=1S/C15H20/c1-3-4-5-6-7-8-9-15-12-10-14(2)11-13-15/h5-8,10-13H,3-4,9H2,1-2H3/b6-5-,8-7-. The lowest BCUT2D eigenvalue weighted by molar-refractivity contribution is 0.959. The Kier molecular flexibility index (Phi) is 5.54. The van der Waals surface area contributed by atoms with Gasteiger partial charge in [0.25, 0.3) is 0 Å². The lowest BCUT2D eigenvalue weighted by atomic mass is 10.1. The number of hydrogen-bond acceptors (Lipinski definition) is 0. The summed E-state index contributed by atoms with van der Waals surface area (Å²) in [7, 11) is 0. The van der Waals surface area contributed by atoms with E-state index in [0.29, 0.717) is 0 Å². The van der Waals surface area contributed by atoms with Crippen molar-refractivity contribution in [1.29, 1.82) is 0 Å². The van der Waals surface area contributed by atoms with Crippen LogP contribution in [0.2, 0.25) is 0 Å². The third-order valence-corrected chi connectivity index (χ3v) is 2.31. The molecule has 0 heteroatoms. The van der Waals surface area contributed by atoms with Gasteiger partial charge in [-0.2, -0.15) is 0 Å². The largest absolute Gasteiger partial charge is 0.0846 e. The summed E-state index contributed by atoms with van der Waals surface area (Å²) in [5.74, 6) is 0. The lowest BCUT2D eigenvalue weighted by Gasteiger charge is -1.96. The van der Waals surface area contributed by atoms with E-state index in [2.05, 4.69) is 62.4 Å². The van der Waals surface area contributed by atoms with Crippen molar-refractivity contribution < 1.29 is 0 Å². The van der Waals surface area contributed by atoms with E-state index in [9.17, 15) is 0 Å². The van der Waals surface area contributed by atoms with Crippen LogP contribution >= 0.6 is 0 Å². The quantitative estimate of drug-likeness (QED) is 0.616. The van der Waals surface area contributed by atoms with Gasteiger partial charge in [0.05, 0.1) is 0 Å². The Morgan fingerprint density at radius 2 is 1.67 bits per heavy atom. The SMILES string of the molecule is CCC/C=C\C=C/Cc1ccc(C)cc1. The molecule has 0 nitrogen and oxygen atoms in total. The van der Waals surface area contributed by atoms with Crippen LogP contribution in [0.15, 0.2) is 48.6 Å². The van der Waals surface area contributed by atoms with Crippen molar-refractivity contribution >= 4 is 0 Å². The van der Waals surface area contributed by atoms with Gasteiger partial charge in [-0.25, -0.2) is 0 Å². The Morgan fingerprint density at radius 3 is 2.33 bits per heavy atom. The van der Waals surface area contributed by atoms with Gasteiger partial charge in [0.2, 0.25) is 0 Å². The van der Waals surface area contributed by atoms with E-state index in [4.69, 9.17) is 0 Å². The third kappa shape index (κ3) is 5.21. The van der Waals surface area contributed by atoms with E-state index in [-0.39, 0.29) is 0 Å². The molecule has 0 unspecified atom stereocenters. The van der Waals surface area contributed by atoms with Gasteiger partial charge in [0, 0.05) is 0 Å². The molecule has 15 heavy (non-hydrogen) atoms. The van der Waals surface area contributed by atoms with Crippen LogP contribution in [0.25, 0.3) is 0 Å². The summed E-state index contributed by atoms with van der Waals surface area (Å²) < 4.78 is 0. The van der Waals surface area contributed by atoms with Crippen molar-refractivity contribution in [2.45, 2.75) is 33.1 Å². The van der Waals surface area contributed by atoms with Gasteiger partial charge in [0.15, 0.2) is 0 Å². The van der Waals surface area contributed by atoms with Crippen LogP contribution in [-0.2, 0) is 6.42 Å². The number of hydrogen-bond donors (Lipinski definition) is 0. The van der Waals surface area contributed by atoms with Crippen LogP contribution < -0.4 is 0 Å². The van der Waals surface area contributed by atoms with Crippen LogP contribution in [0.4, 0.5) is 0 Å². The number of benzene rings is 1. The molecule has 0 spiro atoms. The molecule has 80 valence electrons. The fourth-order valence-corrected chi connectivity index (χ4v) is 1.35. The molecule has 0 N–H and O–H groups in total. The molecule has 0 aromatic heterocycles. The second kappa shape index (κ2) is 7.05. The van der Waals surface area contributed by atoms with E-state index in [1.54, 1.807) is 0 Å². The van der Waals surface area contributed by atoms with Gasteiger partial charge in [-0.15, -0.1) is 0 Å². The molecule has 0 bridgehead atoms. The maximum Gasteiger partial charge on any atom is -0.00943 e. The molecule has 1 aromatic carbocycles. The highest BCUT2D eigenvalue weighted by Gasteiger charge is 1.87. The van der Waals surface area contributed by atoms with Crippen LogP contribution in [0.5, 0.6) is 0 Å². The van der Waals surface area contributed by atoms with Gasteiger partial charge in [-0.3, -0.25) is 0 Å². The minimum absolute atomic E-state index is 1.02. The van der Waals surface area contributed by atoms with Crippen LogP contribution in [0.1, 0.15) is 30.9 Å². The van der Waals surface area contributed by atoms with E-state index >= 15 is 0 Å². The fourth-order valence-electron chi connectivity index (χ4n) is 1.35. The first-order valence-corrected chi connectivity index (χ1v) is 5.70. The fraction of sp³-hybridized carbons (Fsp3) is 0.333. The highest BCUT2D eigenvalue weighted by atomic mass is 13.9. The molecular weight excluding hydrogens is 180 g/mol. The molecule has 1 aromatic rings. The van der Waals surface area contributed by atoms with E-state index in [0.717, 1.165) is 6.42 Å². The zero-order chi connectivity index (χ0) is 10.9. The molecule has 0 aliphatic rings. The third-order valence-electron chi connectivity index (χ3n) is 2.31. The molecule has 0 heterocycles. The molecule has 0 aliphatic heterocycles. The van der Waals surface area contributed by atoms with Crippen molar-refractivity contribution in [3.05, 3.63) is 59.7 Å². The minimum atomic E-state index is 1.02. The van der Waals surface area contributed by atoms with E-state index in [1.807, 2.05) is 0 Å². The van der Waals surface area contributed by atoms with Gasteiger partial charge in [-0.1, -0.05) is 67.5 Å². The second-order valence-corrected chi connectivity index (χ2v) is 3.83. The smallest absolute Gasteiger partial charge is 0.00943 e. The summed E-state index contributed by atoms with van der Waals surface area (Å²) in [6, 6.07) is 8.71. The number of aryl methyl sites for hydroxylation is 1. The van der Waals surface area contributed by atoms with E-state index in [1.165, 1.54) is 24.0 Å². The summed E-state index contributed by atoms with van der Waals surface area (Å²) >= 11 is 0.